The number of hydrogen-bond donors (Lipinski definition) is 2. The number of thiophene rings is 1. The topological polar surface area (TPSA) is 64.3 Å². The second kappa shape index (κ2) is 6.24. The van der Waals surface area contributed by atoms with Crippen molar-refractivity contribution in [3.05, 3.63) is 46.2 Å². The summed E-state index contributed by atoms with van der Waals surface area (Å²) >= 11 is 1.69. The second-order valence-corrected chi connectivity index (χ2v) is 5.07. The molecule has 5 heteroatoms. The average Bonchev–Trinajstić information content (AvgIpc) is 2.92. The molecule has 0 unspecified atom stereocenters. The van der Waals surface area contributed by atoms with Gasteiger partial charge in [-0.3, -0.25) is 4.79 Å². The van der Waals surface area contributed by atoms with E-state index in [9.17, 15) is 4.79 Å². The standard InChI is InChI=1S/C14H16N2O2S/c1-18-13-9-10(4-5-12(13)15)14(17)16-7-6-11-3-2-8-19-11/h2-5,8-9H,6-7,15H2,1H3,(H,16,17). The van der Waals surface area contributed by atoms with Gasteiger partial charge < -0.3 is 15.8 Å². The SMILES string of the molecule is COc1cc(C(=O)NCCc2cccs2)ccc1N. The number of rotatable bonds is 5. The number of amides is 1. The van der Waals surface area contributed by atoms with Gasteiger partial charge in [-0.1, -0.05) is 6.07 Å². The van der Waals surface area contributed by atoms with Gasteiger partial charge in [0.1, 0.15) is 5.75 Å². The van der Waals surface area contributed by atoms with E-state index in [4.69, 9.17) is 10.5 Å². The van der Waals surface area contributed by atoms with Gasteiger partial charge in [-0.05, 0) is 36.1 Å². The molecule has 19 heavy (non-hydrogen) atoms. The van der Waals surface area contributed by atoms with Crippen LogP contribution in [0.25, 0.3) is 0 Å². The predicted octanol–water partition coefficient (Wildman–Crippen LogP) is 2.31. The number of hydrogen-bond acceptors (Lipinski definition) is 4. The summed E-state index contributed by atoms with van der Waals surface area (Å²) in [4.78, 5) is 13.2. The van der Waals surface area contributed by atoms with Crippen LogP contribution in [-0.2, 0) is 6.42 Å². The summed E-state index contributed by atoms with van der Waals surface area (Å²) in [5.41, 5.74) is 6.79. The Morgan fingerprint density at radius 2 is 2.26 bits per heavy atom. The predicted molar refractivity (Wildman–Crippen MR) is 77.8 cm³/mol. The van der Waals surface area contributed by atoms with E-state index in [1.54, 1.807) is 29.5 Å². The fourth-order valence-corrected chi connectivity index (χ4v) is 2.42. The van der Waals surface area contributed by atoms with Crippen LogP contribution in [0.2, 0.25) is 0 Å². The van der Waals surface area contributed by atoms with Gasteiger partial charge in [0.05, 0.1) is 12.8 Å². The highest BCUT2D eigenvalue weighted by Gasteiger charge is 2.08. The van der Waals surface area contributed by atoms with Gasteiger partial charge >= 0.3 is 0 Å². The first kappa shape index (κ1) is 13.4. The maximum Gasteiger partial charge on any atom is 0.251 e. The quantitative estimate of drug-likeness (QED) is 0.824. The summed E-state index contributed by atoms with van der Waals surface area (Å²) in [6.07, 6.45) is 0.843. The van der Waals surface area contributed by atoms with E-state index >= 15 is 0 Å². The zero-order valence-electron chi connectivity index (χ0n) is 10.7. The minimum Gasteiger partial charge on any atom is -0.495 e. The molecule has 0 radical (unpaired) electrons. The van der Waals surface area contributed by atoms with Crippen LogP contribution in [0.5, 0.6) is 5.75 Å². The Balaban J connectivity index is 1.92. The van der Waals surface area contributed by atoms with Crippen LogP contribution in [0.4, 0.5) is 5.69 Å². The Morgan fingerprint density at radius 3 is 2.95 bits per heavy atom. The Bertz CT molecular complexity index is 553. The number of methoxy groups -OCH3 is 1. The molecule has 2 rings (SSSR count). The molecule has 1 amide bonds. The van der Waals surface area contributed by atoms with Crippen molar-refractivity contribution in [3.63, 3.8) is 0 Å². The maximum absolute atomic E-state index is 11.9. The molecule has 0 fully saturated rings. The summed E-state index contributed by atoms with van der Waals surface area (Å²) in [6, 6.07) is 9.08. The second-order valence-electron chi connectivity index (χ2n) is 4.04. The molecule has 3 N–H and O–H groups in total. The van der Waals surface area contributed by atoms with Crippen LogP contribution in [0.3, 0.4) is 0 Å². The molecule has 0 aliphatic carbocycles. The lowest BCUT2D eigenvalue weighted by atomic mass is 10.1. The van der Waals surface area contributed by atoms with Crippen LogP contribution >= 0.6 is 11.3 Å². The van der Waals surface area contributed by atoms with E-state index in [0.29, 0.717) is 23.5 Å². The molecule has 0 aliphatic rings. The zero-order chi connectivity index (χ0) is 13.7. The Hall–Kier alpha value is -2.01. The van der Waals surface area contributed by atoms with Gasteiger partial charge in [0, 0.05) is 17.0 Å². The van der Waals surface area contributed by atoms with Gasteiger partial charge in [0.25, 0.3) is 5.91 Å². The first-order valence-corrected chi connectivity index (χ1v) is 6.83. The average molecular weight is 276 g/mol. The number of nitrogens with one attached hydrogen (secondary N) is 1. The zero-order valence-corrected chi connectivity index (χ0v) is 11.5. The van der Waals surface area contributed by atoms with Crippen molar-refractivity contribution in [2.75, 3.05) is 19.4 Å². The van der Waals surface area contributed by atoms with E-state index in [0.717, 1.165) is 6.42 Å². The molecule has 2 aromatic rings. The number of nitrogen functional groups attached to an aromatic ring is 1. The fourth-order valence-electron chi connectivity index (χ4n) is 1.71. The van der Waals surface area contributed by atoms with Crippen LogP contribution in [0.15, 0.2) is 35.7 Å². The third-order valence-corrected chi connectivity index (χ3v) is 3.67. The normalized spacial score (nSPS) is 10.2. The monoisotopic (exact) mass is 276 g/mol. The summed E-state index contributed by atoms with van der Waals surface area (Å²) in [5, 5.41) is 4.91. The van der Waals surface area contributed by atoms with Crippen LogP contribution < -0.4 is 15.8 Å². The van der Waals surface area contributed by atoms with E-state index in [1.807, 2.05) is 11.4 Å². The molecule has 4 nitrogen and oxygen atoms in total. The smallest absolute Gasteiger partial charge is 0.251 e. The molecular formula is C14H16N2O2S. The van der Waals surface area contributed by atoms with Crippen molar-refractivity contribution >= 4 is 22.9 Å². The molecule has 0 bridgehead atoms. The van der Waals surface area contributed by atoms with Crippen molar-refractivity contribution in [3.8, 4) is 5.75 Å². The molecule has 0 saturated heterocycles. The van der Waals surface area contributed by atoms with E-state index in [1.165, 1.54) is 12.0 Å². The van der Waals surface area contributed by atoms with Gasteiger partial charge in [-0.2, -0.15) is 0 Å². The largest absolute Gasteiger partial charge is 0.495 e. The van der Waals surface area contributed by atoms with Gasteiger partial charge in [0.2, 0.25) is 0 Å². The number of carbonyl (C=O) groups excluding carboxylic acids is 1. The molecule has 100 valence electrons. The Labute approximate surface area is 116 Å². The summed E-state index contributed by atoms with van der Waals surface area (Å²) in [7, 11) is 1.53. The van der Waals surface area contributed by atoms with Crippen molar-refractivity contribution in [1.29, 1.82) is 0 Å². The van der Waals surface area contributed by atoms with E-state index in [-0.39, 0.29) is 5.91 Å². The lowest BCUT2D eigenvalue weighted by molar-refractivity contribution is 0.0954. The molecule has 0 spiro atoms. The van der Waals surface area contributed by atoms with Gasteiger partial charge in [0.15, 0.2) is 0 Å². The highest BCUT2D eigenvalue weighted by atomic mass is 32.1. The summed E-state index contributed by atoms with van der Waals surface area (Å²) in [6.45, 7) is 0.617. The molecule has 1 aromatic heterocycles. The first-order chi connectivity index (χ1) is 9.20. The van der Waals surface area contributed by atoms with Crippen molar-refractivity contribution < 1.29 is 9.53 Å². The van der Waals surface area contributed by atoms with E-state index < -0.39 is 0 Å². The fraction of sp³-hybridized carbons (Fsp3) is 0.214. The van der Waals surface area contributed by atoms with Crippen molar-refractivity contribution in [1.82, 2.24) is 5.32 Å². The number of anilines is 1. The highest BCUT2D eigenvalue weighted by Crippen LogP contribution is 2.22. The Kier molecular flexibility index (Phi) is 4.41. The number of nitrogens with two attached hydrogens (primary N) is 1. The van der Waals surface area contributed by atoms with Crippen molar-refractivity contribution in [2.45, 2.75) is 6.42 Å². The van der Waals surface area contributed by atoms with Gasteiger partial charge in [-0.25, -0.2) is 0 Å². The molecule has 0 saturated carbocycles. The lowest BCUT2D eigenvalue weighted by Crippen LogP contribution is -2.25. The molecule has 0 atom stereocenters. The minimum absolute atomic E-state index is 0.116. The molecule has 0 aliphatic heterocycles. The van der Waals surface area contributed by atoms with Crippen molar-refractivity contribution in [2.24, 2.45) is 0 Å². The van der Waals surface area contributed by atoms with Crippen LogP contribution in [0.1, 0.15) is 15.2 Å². The third-order valence-electron chi connectivity index (χ3n) is 2.73. The molecule has 1 aromatic carbocycles. The number of ether oxygens (including phenoxy) is 1. The summed E-state index contributed by atoms with van der Waals surface area (Å²) in [5.74, 6) is 0.403. The lowest BCUT2D eigenvalue weighted by Gasteiger charge is -2.08. The molecule has 1 heterocycles. The van der Waals surface area contributed by atoms with Gasteiger partial charge in [-0.15, -0.1) is 11.3 Å². The minimum atomic E-state index is -0.116. The summed E-state index contributed by atoms with van der Waals surface area (Å²) < 4.78 is 5.10. The first-order valence-electron chi connectivity index (χ1n) is 5.95. The highest BCUT2D eigenvalue weighted by molar-refractivity contribution is 7.09. The number of benzene rings is 1. The number of carbonyl (C=O) groups is 1. The maximum atomic E-state index is 11.9. The van der Waals surface area contributed by atoms with Crippen LogP contribution in [-0.4, -0.2) is 19.6 Å². The van der Waals surface area contributed by atoms with Crippen LogP contribution in [0, 0.1) is 0 Å². The van der Waals surface area contributed by atoms with E-state index in [2.05, 4.69) is 11.4 Å². The third kappa shape index (κ3) is 3.48. The Morgan fingerprint density at radius 1 is 1.42 bits per heavy atom. The molecular weight excluding hydrogens is 260 g/mol.